The van der Waals surface area contributed by atoms with Crippen LogP contribution in [0.3, 0.4) is 0 Å². The average Bonchev–Trinajstić information content (AvgIpc) is 2.32. The molecule has 0 atom stereocenters. The first-order valence-corrected chi connectivity index (χ1v) is 7.14. The van der Waals surface area contributed by atoms with Gasteiger partial charge in [-0.15, -0.1) is 0 Å². The predicted octanol–water partition coefficient (Wildman–Crippen LogP) is 3.89. The molecule has 0 bridgehead atoms. The van der Waals surface area contributed by atoms with Crippen molar-refractivity contribution in [1.29, 1.82) is 0 Å². The molecule has 1 heterocycles. The zero-order valence-electron chi connectivity index (χ0n) is 10.8. The summed E-state index contributed by atoms with van der Waals surface area (Å²) >= 11 is 7.83. The van der Waals surface area contributed by atoms with E-state index in [1.165, 1.54) is 0 Å². The second-order valence-corrected chi connectivity index (χ2v) is 6.42. The molecule has 1 aromatic rings. The molecule has 0 spiro atoms. The highest BCUT2D eigenvalue weighted by atomic mass is 35.5. The lowest BCUT2D eigenvalue weighted by atomic mass is 9.97. The van der Waals surface area contributed by atoms with E-state index in [0.29, 0.717) is 10.8 Å². The van der Waals surface area contributed by atoms with Crippen molar-refractivity contribution in [2.75, 3.05) is 24.7 Å². The molecule has 3 nitrogen and oxygen atoms in total. The van der Waals surface area contributed by atoms with E-state index >= 15 is 0 Å². The van der Waals surface area contributed by atoms with E-state index in [2.05, 4.69) is 24.2 Å². The molecule has 0 saturated carbocycles. The highest BCUT2D eigenvalue weighted by Crippen LogP contribution is 2.30. The highest BCUT2D eigenvalue weighted by molar-refractivity contribution is 8.14. The van der Waals surface area contributed by atoms with Gasteiger partial charge in [0.15, 0.2) is 5.17 Å². The molecule has 1 aliphatic heterocycles. The van der Waals surface area contributed by atoms with Crippen LogP contribution < -0.4 is 10.1 Å². The summed E-state index contributed by atoms with van der Waals surface area (Å²) in [5, 5.41) is 4.84. The van der Waals surface area contributed by atoms with E-state index in [4.69, 9.17) is 16.3 Å². The number of benzene rings is 1. The van der Waals surface area contributed by atoms with E-state index < -0.39 is 0 Å². The number of amidine groups is 1. The van der Waals surface area contributed by atoms with E-state index in [9.17, 15) is 0 Å². The van der Waals surface area contributed by atoms with Gasteiger partial charge in [0.05, 0.1) is 12.1 Å². The highest BCUT2D eigenvalue weighted by Gasteiger charge is 2.23. The lowest BCUT2D eigenvalue weighted by Crippen LogP contribution is -2.27. The van der Waals surface area contributed by atoms with Gasteiger partial charge in [0, 0.05) is 18.0 Å². The lowest BCUT2D eigenvalue weighted by molar-refractivity contribution is 0.415. The molecular formula is C13H17ClN2OS. The van der Waals surface area contributed by atoms with Crippen LogP contribution in [0.1, 0.15) is 13.8 Å². The van der Waals surface area contributed by atoms with Gasteiger partial charge in [-0.2, -0.15) is 0 Å². The molecule has 98 valence electrons. The van der Waals surface area contributed by atoms with Crippen molar-refractivity contribution in [3.8, 4) is 5.75 Å². The number of aliphatic imine (C=N–C) groups is 1. The molecule has 18 heavy (non-hydrogen) atoms. The quantitative estimate of drug-likeness (QED) is 0.894. The first-order valence-electron chi connectivity index (χ1n) is 5.78. The van der Waals surface area contributed by atoms with Crippen LogP contribution in [-0.4, -0.2) is 24.6 Å². The maximum atomic E-state index is 6.08. The van der Waals surface area contributed by atoms with Gasteiger partial charge in [0.1, 0.15) is 5.75 Å². The fraction of sp³-hybridized carbons (Fsp3) is 0.462. The third-order valence-electron chi connectivity index (χ3n) is 2.65. The van der Waals surface area contributed by atoms with Crippen molar-refractivity contribution in [2.24, 2.45) is 10.4 Å². The van der Waals surface area contributed by atoms with Crippen molar-refractivity contribution < 1.29 is 4.74 Å². The number of ether oxygens (including phenoxy) is 1. The molecule has 5 heteroatoms. The minimum atomic E-state index is 0.285. The van der Waals surface area contributed by atoms with Crippen molar-refractivity contribution >= 4 is 34.2 Å². The molecule has 2 rings (SSSR count). The zero-order chi connectivity index (χ0) is 13.2. The first-order chi connectivity index (χ1) is 8.50. The topological polar surface area (TPSA) is 33.6 Å². The van der Waals surface area contributed by atoms with E-state index in [-0.39, 0.29) is 5.41 Å². The Balaban J connectivity index is 2.06. The van der Waals surface area contributed by atoms with Crippen LogP contribution in [0.4, 0.5) is 5.69 Å². The molecule has 0 radical (unpaired) electrons. The minimum Gasteiger partial charge on any atom is -0.495 e. The largest absolute Gasteiger partial charge is 0.495 e. The number of nitrogens with zero attached hydrogens (tertiary/aromatic N) is 1. The van der Waals surface area contributed by atoms with E-state index in [1.807, 2.05) is 18.2 Å². The Kier molecular flexibility index (Phi) is 4.07. The molecule has 0 saturated heterocycles. The number of rotatable bonds is 2. The van der Waals surface area contributed by atoms with Crippen LogP contribution in [0.2, 0.25) is 5.02 Å². The van der Waals surface area contributed by atoms with Gasteiger partial charge in [-0.3, -0.25) is 4.99 Å². The fourth-order valence-electron chi connectivity index (χ4n) is 1.58. The number of methoxy groups -OCH3 is 1. The average molecular weight is 285 g/mol. The summed E-state index contributed by atoms with van der Waals surface area (Å²) in [6.07, 6.45) is 0. The van der Waals surface area contributed by atoms with Gasteiger partial charge in [-0.1, -0.05) is 37.2 Å². The van der Waals surface area contributed by atoms with Crippen LogP contribution >= 0.6 is 23.4 Å². The second kappa shape index (κ2) is 5.41. The number of thioether (sulfide) groups is 1. The third-order valence-corrected chi connectivity index (χ3v) is 4.38. The fourth-order valence-corrected chi connectivity index (χ4v) is 2.81. The van der Waals surface area contributed by atoms with Crippen molar-refractivity contribution in [3.05, 3.63) is 23.2 Å². The zero-order valence-corrected chi connectivity index (χ0v) is 12.4. The lowest BCUT2D eigenvalue weighted by Gasteiger charge is -2.27. The monoisotopic (exact) mass is 284 g/mol. The standard InChI is InChI=1S/C13H17ClN2OS/c1-13(2)7-15-12(18-8-13)16-9-4-5-11(17-3)10(14)6-9/h4-6H,7-8H2,1-3H3,(H,15,16). The SMILES string of the molecule is COc1ccc(NC2=NCC(C)(C)CS2)cc1Cl. The van der Waals surface area contributed by atoms with Gasteiger partial charge < -0.3 is 10.1 Å². The molecular weight excluding hydrogens is 268 g/mol. The molecule has 0 fully saturated rings. The Morgan fingerprint density at radius 3 is 2.78 bits per heavy atom. The van der Waals surface area contributed by atoms with Gasteiger partial charge in [0.2, 0.25) is 0 Å². The first kappa shape index (κ1) is 13.6. The molecule has 1 N–H and O–H groups in total. The molecule has 0 amide bonds. The molecule has 1 aliphatic rings. The smallest absolute Gasteiger partial charge is 0.161 e. The maximum Gasteiger partial charge on any atom is 0.161 e. The second-order valence-electron chi connectivity index (χ2n) is 5.05. The van der Waals surface area contributed by atoms with Crippen molar-refractivity contribution in [1.82, 2.24) is 0 Å². The molecule has 1 aromatic carbocycles. The van der Waals surface area contributed by atoms with Crippen molar-refractivity contribution in [3.63, 3.8) is 0 Å². The van der Waals surface area contributed by atoms with Crippen LogP contribution in [0.15, 0.2) is 23.2 Å². The Morgan fingerprint density at radius 2 is 2.22 bits per heavy atom. The number of halogens is 1. The van der Waals surface area contributed by atoms with Gasteiger partial charge in [-0.05, 0) is 23.6 Å². The number of anilines is 1. The summed E-state index contributed by atoms with van der Waals surface area (Å²) in [4.78, 5) is 4.54. The Labute approximate surface area is 117 Å². The Hall–Kier alpha value is -0.870. The van der Waals surface area contributed by atoms with Gasteiger partial charge in [-0.25, -0.2) is 0 Å². The molecule has 0 unspecified atom stereocenters. The summed E-state index contributed by atoms with van der Waals surface area (Å²) in [7, 11) is 1.61. The predicted molar refractivity (Wildman–Crippen MR) is 80.2 cm³/mol. The van der Waals surface area contributed by atoms with Gasteiger partial charge >= 0.3 is 0 Å². The van der Waals surface area contributed by atoms with Crippen molar-refractivity contribution in [2.45, 2.75) is 13.8 Å². The van der Waals surface area contributed by atoms with Gasteiger partial charge in [0.25, 0.3) is 0 Å². The minimum absolute atomic E-state index is 0.285. The normalized spacial score (nSPS) is 18.1. The van der Waals surface area contributed by atoms with E-state index in [1.54, 1.807) is 18.9 Å². The summed E-state index contributed by atoms with van der Waals surface area (Å²) < 4.78 is 5.12. The van der Waals surface area contributed by atoms with E-state index in [0.717, 1.165) is 23.2 Å². The molecule has 0 aromatic heterocycles. The Morgan fingerprint density at radius 1 is 1.44 bits per heavy atom. The van der Waals surface area contributed by atoms with Crippen LogP contribution in [-0.2, 0) is 0 Å². The summed E-state index contributed by atoms with van der Waals surface area (Å²) in [6, 6.07) is 5.64. The number of hydrogen-bond donors (Lipinski definition) is 1. The number of nitrogens with one attached hydrogen (secondary N) is 1. The van der Waals surface area contributed by atoms with Crippen LogP contribution in [0.25, 0.3) is 0 Å². The Bertz CT molecular complexity index is 474. The summed E-state index contributed by atoms with van der Waals surface area (Å²) in [6.45, 7) is 5.31. The van der Waals surface area contributed by atoms with Crippen LogP contribution in [0.5, 0.6) is 5.75 Å². The maximum absolute atomic E-state index is 6.08. The third kappa shape index (κ3) is 3.33. The summed E-state index contributed by atoms with van der Waals surface area (Å²) in [5.41, 5.74) is 1.22. The summed E-state index contributed by atoms with van der Waals surface area (Å²) in [5.74, 6) is 1.75. The number of hydrogen-bond acceptors (Lipinski definition) is 4. The van der Waals surface area contributed by atoms with Crippen LogP contribution in [0, 0.1) is 5.41 Å². The molecule has 0 aliphatic carbocycles.